The van der Waals surface area contributed by atoms with E-state index in [1.807, 2.05) is 7.05 Å². The second-order valence-electron chi connectivity index (χ2n) is 9.82. The van der Waals surface area contributed by atoms with Crippen molar-refractivity contribution in [3.63, 3.8) is 0 Å². The van der Waals surface area contributed by atoms with Crippen LogP contribution in [0.15, 0.2) is 0 Å². The van der Waals surface area contributed by atoms with Crippen LogP contribution in [0.3, 0.4) is 0 Å². The lowest BCUT2D eigenvalue weighted by Gasteiger charge is -2.63. The fourth-order valence-corrected chi connectivity index (χ4v) is 7.49. The van der Waals surface area contributed by atoms with Crippen LogP contribution < -0.4 is 0 Å². The Morgan fingerprint density at radius 1 is 1.17 bits per heavy atom. The first-order valence-corrected chi connectivity index (χ1v) is 9.70. The van der Waals surface area contributed by atoms with Crippen molar-refractivity contribution in [2.75, 3.05) is 7.05 Å². The number of carbonyl (C=O) groups is 1. The van der Waals surface area contributed by atoms with Gasteiger partial charge in [0.2, 0.25) is 5.91 Å². The molecule has 4 rings (SSSR count). The van der Waals surface area contributed by atoms with E-state index in [4.69, 9.17) is 0 Å². The lowest BCUT2D eigenvalue weighted by Crippen LogP contribution is -2.62. The number of carbonyl (C=O) groups excluding carboxylic acids is 1. The molecule has 0 bridgehead atoms. The minimum absolute atomic E-state index is 0.0860. The van der Waals surface area contributed by atoms with Gasteiger partial charge in [0.15, 0.2) is 0 Å². The molecule has 4 fully saturated rings. The van der Waals surface area contributed by atoms with Crippen molar-refractivity contribution in [3.05, 3.63) is 0 Å². The number of aliphatic hydroxyl groups is 1. The predicted molar refractivity (Wildman–Crippen MR) is 90.7 cm³/mol. The zero-order valence-corrected chi connectivity index (χ0v) is 15.2. The fourth-order valence-electron chi connectivity index (χ4n) is 7.49. The summed E-state index contributed by atoms with van der Waals surface area (Å²) in [6.45, 7) is 7.32. The van der Waals surface area contributed by atoms with Crippen LogP contribution >= 0.6 is 0 Å². The van der Waals surface area contributed by atoms with Crippen LogP contribution in [0.4, 0.5) is 0 Å². The first kappa shape index (κ1) is 15.9. The summed E-state index contributed by atoms with van der Waals surface area (Å²) in [7, 11) is 2.03. The summed E-state index contributed by atoms with van der Waals surface area (Å²) in [5.74, 6) is 3.17. The van der Waals surface area contributed by atoms with Gasteiger partial charge in [-0.05, 0) is 73.0 Å². The summed E-state index contributed by atoms with van der Waals surface area (Å²) in [5, 5.41) is 10.3. The molecule has 1 saturated heterocycles. The molecule has 1 aliphatic heterocycles. The number of likely N-dealkylation sites (tertiary alicyclic amines) is 1. The van der Waals surface area contributed by atoms with E-state index >= 15 is 0 Å². The third-order valence-corrected chi connectivity index (χ3v) is 8.68. The Bertz CT molecular complexity index is 520. The van der Waals surface area contributed by atoms with Gasteiger partial charge in [0.1, 0.15) is 0 Å². The predicted octanol–water partition coefficient (Wildman–Crippen LogP) is 3.46. The number of fused-ring (bicyclic) bond motifs is 5. The normalized spacial score (nSPS) is 56.0. The van der Waals surface area contributed by atoms with Crippen molar-refractivity contribution in [1.29, 1.82) is 0 Å². The molecule has 2 unspecified atom stereocenters. The van der Waals surface area contributed by atoms with Gasteiger partial charge in [-0.2, -0.15) is 0 Å². The van der Waals surface area contributed by atoms with Crippen molar-refractivity contribution < 1.29 is 9.90 Å². The summed E-state index contributed by atoms with van der Waals surface area (Å²) >= 11 is 0. The summed E-state index contributed by atoms with van der Waals surface area (Å²) in [6, 6.07) is 0.427. The van der Waals surface area contributed by atoms with Crippen molar-refractivity contribution in [1.82, 2.24) is 4.90 Å². The van der Waals surface area contributed by atoms with Gasteiger partial charge in [0.05, 0.1) is 6.10 Å². The van der Waals surface area contributed by atoms with Crippen LogP contribution in [0.2, 0.25) is 0 Å². The number of amides is 1. The van der Waals surface area contributed by atoms with Gasteiger partial charge >= 0.3 is 0 Å². The van der Waals surface area contributed by atoms with Crippen molar-refractivity contribution in [2.45, 2.75) is 77.9 Å². The molecule has 0 aromatic heterocycles. The Balaban J connectivity index is 1.70. The molecular formula is C20H33NO2. The fraction of sp³-hybridized carbons (Fsp3) is 0.950. The van der Waals surface area contributed by atoms with Crippen LogP contribution in [-0.4, -0.2) is 35.1 Å². The minimum Gasteiger partial charge on any atom is -0.393 e. The van der Waals surface area contributed by atoms with E-state index in [0.717, 1.165) is 43.9 Å². The first-order chi connectivity index (χ1) is 10.8. The van der Waals surface area contributed by atoms with Gasteiger partial charge < -0.3 is 10.0 Å². The Hall–Kier alpha value is -0.570. The number of nitrogens with zero attached hydrogens (tertiary/aromatic N) is 1. The van der Waals surface area contributed by atoms with Gasteiger partial charge in [0.25, 0.3) is 0 Å². The quantitative estimate of drug-likeness (QED) is 0.743. The first-order valence-electron chi connectivity index (χ1n) is 9.70. The lowest BCUT2D eigenvalue weighted by molar-refractivity contribution is -0.164. The minimum atomic E-state index is -0.0860. The maximum Gasteiger partial charge on any atom is 0.222 e. The molecule has 3 nitrogen and oxygen atoms in total. The van der Waals surface area contributed by atoms with Gasteiger partial charge in [-0.15, -0.1) is 0 Å². The number of rotatable bonds is 0. The van der Waals surface area contributed by atoms with Crippen LogP contribution in [0.25, 0.3) is 0 Å². The summed E-state index contributed by atoms with van der Waals surface area (Å²) in [5.41, 5.74) is 0.642. The molecule has 1 heterocycles. The molecule has 3 saturated carbocycles. The Morgan fingerprint density at radius 3 is 2.65 bits per heavy atom. The second kappa shape index (κ2) is 4.97. The molecule has 0 radical (unpaired) electrons. The highest BCUT2D eigenvalue weighted by Gasteiger charge is 2.61. The van der Waals surface area contributed by atoms with E-state index in [-0.39, 0.29) is 11.5 Å². The third-order valence-electron chi connectivity index (χ3n) is 8.68. The van der Waals surface area contributed by atoms with E-state index in [1.165, 1.54) is 12.8 Å². The summed E-state index contributed by atoms with van der Waals surface area (Å²) in [6.07, 6.45) is 7.45. The van der Waals surface area contributed by atoms with Gasteiger partial charge in [-0.3, -0.25) is 4.79 Å². The molecule has 0 spiro atoms. The van der Waals surface area contributed by atoms with Crippen LogP contribution in [0.5, 0.6) is 0 Å². The van der Waals surface area contributed by atoms with Crippen molar-refractivity contribution in [3.8, 4) is 0 Å². The second-order valence-corrected chi connectivity index (χ2v) is 9.82. The molecule has 8 atom stereocenters. The third kappa shape index (κ3) is 2.08. The molecule has 0 aromatic carbocycles. The van der Waals surface area contributed by atoms with E-state index in [2.05, 4.69) is 25.7 Å². The number of hydrogen-bond acceptors (Lipinski definition) is 2. The van der Waals surface area contributed by atoms with Gasteiger partial charge in [-0.1, -0.05) is 20.8 Å². The molecule has 23 heavy (non-hydrogen) atoms. The topological polar surface area (TPSA) is 40.5 Å². The van der Waals surface area contributed by atoms with E-state index in [0.29, 0.717) is 29.2 Å². The van der Waals surface area contributed by atoms with Crippen LogP contribution in [0.1, 0.15) is 65.7 Å². The average Bonchev–Trinajstić information content (AvgIpc) is 2.80. The van der Waals surface area contributed by atoms with E-state index < -0.39 is 0 Å². The molecule has 4 aliphatic rings. The summed E-state index contributed by atoms with van der Waals surface area (Å²) in [4.78, 5) is 14.3. The molecule has 130 valence electrons. The molecule has 1 N–H and O–H groups in total. The smallest absolute Gasteiger partial charge is 0.222 e. The monoisotopic (exact) mass is 319 g/mol. The lowest BCUT2D eigenvalue weighted by atomic mass is 9.45. The highest BCUT2D eigenvalue weighted by molar-refractivity contribution is 5.77. The molecule has 3 heteroatoms. The SMILES string of the molecule is CC1C[C@H]2N(C)C(=O)CC[C@]2(C)[C@H]2CC[C@]3(C)C[C@@H](O)C[C@H]3C12. The molecular weight excluding hydrogens is 286 g/mol. The van der Waals surface area contributed by atoms with Gasteiger partial charge in [0, 0.05) is 19.5 Å². The van der Waals surface area contributed by atoms with E-state index in [1.54, 1.807) is 0 Å². The molecule has 0 aromatic rings. The van der Waals surface area contributed by atoms with Crippen molar-refractivity contribution in [2.24, 2.45) is 34.5 Å². The van der Waals surface area contributed by atoms with Crippen LogP contribution in [0, 0.1) is 34.5 Å². The highest BCUT2D eigenvalue weighted by atomic mass is 16.3. The maximum atomic E-state index is 12.2. The van der Waals surface area contributed by atoms with Crippen molar-refractivity contribution >= 4 is 5.91 Å². The molecule has 3 aliphatic carbocycles. The number of hydrogen-bond donors (Lipinski definition) is 1. The van der Waals surface area contributed by atoms with Gasteiger partial charge in [-0.25, -0.2) is 0 Å². The largest absolute Gasteiger partial charge is 0.393 e. The zero-order valence-electron chi connectivity index (χ0n) is 15.2. The Labute approximate surface area is 140 Å². The average molecular weight is 319 g/mol. The Kier molecular flexibility index (Phi) is 3.44. The standard InChI is InChI=1S/C20H33NO2/c1-12-9-16-20(3,8-6-17(23)21(16)4)14-5-7-19(2)11-13(22)10-15(19)18(12)14/h12-16,18,22H,5-11H2,1-4H3/t12?,13-,14-,15-,16+,18?,19+,20+/m0/s1. The highest BCUT2D eigenvalue weighted by Crippen LogP contribution is 2.65. The molecule has 1 amide bonds. The maximum absolute atomic E-state index is 12.2. The number of aliphatic hydroxyl groups excluding tert-OH is 1. The summed E-state index contributed by atoms with van der Waals surface area (Å²) < 4.78 is 0. The zero-order chi connectivity index (χ0) is 16.6. The number of piperidine rings is 1. The van der Waals surface area contributed by atoms with E-state index in [9.17, 15) is 9.90 Å². The van der Waals surface area contributed by atoms with Crippen LogP contribution in [-0.2, 0) is 4.79 Å². The Morgan fingerprint density at radius 2 is 1.91 bits per heavy atom.